The largest absolute Gasteiger partial charge is 0.295 e. The number of ketones is 1. The molecule has 0 aliphatic carbocycles. The van der Waals surface area contributed by atoms with Gasteiger partial charge >= 0.3 is 0 Å². The number of Topliss-reactive ketones (excluding diaryl/α,β-unsaturated/α-hetero) is 1. The fraction of sp³-hybridized carbons (Fsp3) is 0.0833. The minimum absolute atomic E-state index is 0.0635. The molecule has 0 aliphatic rings. The molecule has 13 heavy (non-hydrogen) atoms. The van der Waals surface area contributed by atoms with Crippen LogP contribution in [0.15, 0.2) is 24.3 Å². The molecule has 0 spiro atoms. The number of terminal acetylenes is 2. The van der Waals surface area contributed by atoms with Gasteiger partial charge in [0, 0.05) is 11.1 Å². The van der Waals surface area contributed by atoms with Gasteiger partial charge in [0.05, 0.1) is 0 Å². The van der Waals surface area contributed by atoms with Crippen LogP contribution in [0.5, 0.6) is 0 Å². The molecule has 1 nitrogen and oxygen atoms in total. The third kappa shape index (κ3) is 3.27. The van der Waals surface area contributed by atoms with Crippen molar-refractivity contribution in [2.45, 2.75) is 6.92 Å². The number of hydrogen-bond donors (Lipinski definition) is 0. The van der Waals surface area contributed by atoms with Crippen LogP contribution in [0.4, 0.5) is 0 Å². The average molecular weight is 170 g/mol. The molecule has 1 aromatic rings. The molecule has 0 bridgehead atoms. The monoisotopic (exact) mass is 170 g/mol. The van der Waals surface area contributed by atoms with E-state index < -0.39 is 0 Å². The first-order valence-corrected chi connectivity index (χ1v) is 3.65. The van der Waals surface area contributed by atoms with E-state index in [1.165, 1.54) is 6.92 Å². The number of hydrogen-bond acceptors (Lipinski definition) is 1. The Kier molecular flexibility index (Phi) is 4.77. The SMILES string of the molecule is C#C.C#Cc1ccc(C(C)=O)cc1. The van der Waals surface area contributed by atoms with Gasteiger partial charge in [-0.2, -0.15) is 0 Å². The van der Waals surface area contributed by atoms with Crippen LogP contribution in [0.1, 0.15) is 22.8 Å². The molecule has 0 radical (unpaired) electrons. The molecule has 0 saturated carbocycles. The van der Waals surface area contributed by atoms with Crippen molar-refractivity contribution in [3.63, 3.8) is 0 Å². The fourth-order valence-electron chi connectivity index (χ4n) is 0.801. The molecule has 0 unspecified atom stereocenters. The number of benzene rings is 1. The average Bonchev–Trinajstić information content (AvgIpc) is 2.21. The van der Waals surface area contributed by atoms with E-state index in [0.717, 1.165) is 5.56 Å². The molecule has 0 aliphatic heterocycles. The summed E-state index contributed by atoms with van der Waals surface area (Å²) in [6, 6.07) is 6.99. The summed E-state index contributed by atoms with van der Waals surface area (Å²) >= 11 is 0. The van der Waals surface area contributed by atoms with Crippen LogP contribution in [0, 0.1) is 25.2 Å². The summed E-state index contributed by atoms with van der Waals surface area (Å²) in [7, 11) is 0. The topological polar surface area (TPSA) is 17.1 Å². The van der Waals surface area contributed by atoms with E-state index in [-0.39, 0.29) is 5.78 Å². The molecule has 0 aromatic heterocycles. The zero-order chi connectivity index (χ0) is 10.3. The maximum Gasteiger partial charge on any atom is 0.159 e. The van der Waals surface area contributed by atoms with Crippen molar-refractivity contribution >= 4 is 5.78 Å². The summed E-state index contributed by atoms with van der Waals surface area (Å²) in [5.41, 5.74) is 1.50. The first-order valence-electron chi connectivity index (χ1n) is 3.65. The molecule has 64 valence electrons. The van der Waals surface area contributed by atoms with Gasteiger partial charge in [0.1, 0.15) is 0 Å². The van der Waals surface area contributed by atoms with Crippen molar-refractivity contribution in [3.8, 4) is 25.2 Å². The van der Waals surface area contributed by atoms with Crippen LogP contribution in [0.3, 0.4) is 0 Å². The van der Waals surface area contributed by atoms with Gasteiger partial charge in [0.15, 0.2) is 5.78 Å². The quantitative estimate of drug-likeness (QED) is 0.466. The van der Waals surface area contributed by atoms with Crippen LogP contribution in [0.25, 0.3) is 0 Å². The van der Waals surface area contributed by atoms with Crippen molar-refractivity contribution in [1.29, 1.82) is 0 Å². The van der Waals surface area contributed by atoms with Crippen LogP contribution in [-0.2, 0) is 0 Å². The standard InChI is InChI=1S/C10H8O.C2H2/c1-3-9-4-6-10(7-5-9)8(2)11;1-2/h1,4-7H,2H3;1-2H. The first-order chi connectivity index (χ1) is 6.24. The molecule has 1 heteroatoms. The second-order valence-corrected chi connectivity index (χ2v) is 2.28. The Morgan fingerprint density at radius 3 is 2.00 bits per heavy atom. The van der Waals surface area contributed by atoms with Crippen LogP contribution >= 0.6 is 0 Å². The van der Waals surface area contributed by atoms with Gasteiger partial charge in [-0.1, -0.05) is 18.1 Å². The number of rotatable bonds is 1. The molecule has 0 heterocycles. The zero-order valence-electron chi connectivity index (χ0n) is 7.45. The third-order valence-electron chi connectivity index (χ3n) is 1.46. The molecule has 0 atom stereocenters. The molecule has 0 saturated heterocycles. The Balaban J connectivity index is 0.000000671. The summed E-state index contributed by atoms with van der Waals surface area (Å²) < 4.78 is 0. The van der Waals surface area contributed by atoms with Crippen LogP contribution in [0.2, 0.25) is 0 Å². The highest BCUT2D eigenvalue weighted by atomic mass is 16.1. The molecule has 0 amide bonds. The predicted molar refractivity (Wildman–Crippen MR) is 54.3 cm³/mol. The van der Waals surface area contributed by atoms with Crippen molar-refractivity contribution in [2.24, 2.45) is 0 Å². The zero-order valence-corrected chi connectivity index (χ0v) is 7.45. The van der Waals surface area contributed by atoms with E-state index in [9.17, 15) is 4.79 Å². The summed E-state index contributed by atoms with van der Waals surface area (Å²) in [6.07, 6.45) is 13.1. The highest BCUT2D eigenvalue weighted by Gasteiger charge is 1.96. The van der Waals surface area contributed by atoms with Gasteiger partial charge in [-0.05, 0) is 19.1 Å². The third-order valence-corrected chi connectivity index (χ3v) is 1.46. The smallest absolute Gasteiger partial charge is 0.159 e. The Labute approximate surface area is 78.8 Å². The summed E-state index contributed by atoms with van der Waals surface area (Å²) in [6.45, 7) is 1.53. The normalized spacial score (nSPS) is 7.54. The molecular formula is C12H10O. The van der Waals surface area contributed by atoms with Gasteiger partial charge in [-0.3, -0.25) is 4.79 Å². The Hall–Kier alpha value is -1.99. The number of carbonyl (C=O) groups is 1. The lowest BCUT2D eigenvalue weighted by molar-refractivity contribution is 0.101. The van der Waals surface area contributed by atoms with Gasteiger partial charge in [0.2, 0.25) is 0 Å². The maximum atomic E-state index is 10.8. The molecule has 1 rings (SSSR count). The predicted octanol–water partition coefficient (Wildman–Crippen LogP) is 2.12. The Bertz CT molecular complexity index is 336. The highest BCUT2D eigenvalue weighted by Crippen LogP contribution is 2.03. The van der Waals surface area contributed by atoms with Gasteiger partial charge in [-0.15, -0.1) is 19.3 Å². The van der Waals surface area contributed by atoms with Crippen molar-refractivity contribution in [2.75, 3.05) is 0 Å². The molecule has 0 fully saturated rings. The Morgan fingerprint density at radius 2 is 1.69 bits per heavy atom. The second kappa shape index (κ2) is 5.63. The van der Waals surface area contributed by atoms with Gasteiger partial charge in [0.25, 0.3) is 0 Å². The lowest BCUT2D eigenvalue weighted by Gasteiger charge is -1.93. The van der Waals surface area contributed by atoms with Crippen LogP contribution in [-0.4, -0.2) is 5.78 Å². The molecule has 1 aromatic carbocycles. The van der Waals surface area contributed by atoms with E-state index in [1.807, 2.05) is 0 Å². The summed E-state index contributed by atoms with van der Waals surface area (Å²) in [5.74, 6) is 2.55. The molecule has 0 N–H and O–H groups in total. The fourth-order valence-corrected chi connectivity index (χ4v) is 0.801. The van der Waals surface area contributed by atoms with Crippen molar-refractivity contribution in [3.05, 3.63) is 35.4 Å². The van der Waals surface area contributed by atoms with E-state index >= 15 is 0 Å². The van der Waals surface area contributed by atoms with E-state index in [2.05, 4.69) is 18.8 Å². The minimum Gasteiger partial charge on any atom is -0.295 e. The first kappa shape index (κ1) is 11.0. The van der Waals surface area contributed by atoms with E-state index in [1.54, 1.807) is 24.3 Å². The van der Waals surface area contributed by atoms with Gasteiger partial charge in [-0.25, -0.2) is 0 Å². The van der Waals surface area contributed by atoms with Gasteiger partial charge < -0.3 is 0 Å². The molecular weight excluding hydrogens is 160 g/mol. The van der Waals surface area contributed by atoms with E-state index in [0.29, 0.717) is 5.56 Å². The Morgan fingerprint density at radius 1 is 1.23 bits per heavy atom. The lowest BCUT2D eigenvalue weighted by Crippen LogP contribution is -1.90. The van der Waals surface area contributed by atoms with Crippen molar-refractivity contribution in [1.82, 2.24) is 0 Å². The van der Waals surface area contributed by atoms with Crippen molar-refractivity contribution < 1.29 is 4.79 Å². The van der Waals surface area contributed by atoms with E-state index in [4.69, 9.17) is 6.42 Å². The number of carbonyl (C=O) groups excluding carboxylic acids is 1. The summed E-state index contributed by atoms with van der Waals surface area (Å²) in [4.78, 5) is 10.8. The maximum absolute atomic E-state index is 10.8. The lowest BCUT2D eigenvalue weighted by atomic mass is 10.1. The highest BCUT2D eigenvalue weighted by molar-refractivity contribution is 5.94. The summed E-state index contributed by atoms with van der Waals surface area (Å²) in [5, 5.41) is 0. The van der Waals surface area contributed by atoms with Crippen LogP contribution < -0.4 is 0 Å². The second-order valence-electron chi connectivity index (χ2n) is 2.28. The minimum atomic E-state index is 0.0635.